The van der Waals surface area contributed by atoms with Crippen molar-refractivity contribution in [2.24, 2.45) is 5.73 Å². The fourth-order valence-electron chi connectivity index (χ4n) is 1.94. The number of hydrogen-bond acceptors (Lipinski definition) is 4. The fourth-order valence-corrected chi connectivity index (χ4v) is 1.94. The summed E-state index contributed by atoms with van der Waals surface area (Å²) >= 11 is 0. The smallest absolute Gasteiger partial charge is 0.147 e. The minimum Gasteiger partial charge on any atom is -0.492 e. The van der Waals surface area contributed by atoms with Gasteiger partial charge < -0.3 is 10.5 Å². The number of rotatable bonds is 6. The molecule has 0 radical (unpaired) electrons. The van der Waals surface area contributed by atoms with Crippen LogP contribution in [0.5, 0.6) is 5.75 Å². The molecule has 0 amide bonds. The van der Waals surface area contributed by atoms with E-state index in [1.807, 2.05) is 42.8 Å². The standard InChI is InChI=1S/C14H20N4O/c1-11-16-12(2)18(17-11)9-10-19-14-5-3-13(4-6-14)7-8-15/h3-6H,7-10,15H2,1-2H3. The van der Waals surface area contributed by atoms with E-state index in [-0.39, 0.29) is 0 Å². The van der Waals surface area contributed by atoms with Crippen LogP contribution >= 0.6 is 0 Å². The average Bonchev–Trinajstić information content (AvgIpc) is 2.71. The molecule has 5 heteroatoms. The molecule has 0 bridgehead atoms. The van der Waals surface area contributed by atoms with Gasteiger partial charge in [0.1, 0.15) is 24.0 Å². The maximum atomic E-state index is 5.69. The molecule has 5 nitrogen and oxygen atoms in total. The first-order valence-electron chi connectivity index (χ1n) is 6.49. The first-order valence-corrected chi connectivity index (χ1v) is 6.49. The Kier molecular flexibility index (Phi) is 4.52. The van der Waals surface area contributed by atoms with Gasteiger partial charge in [-0.05, 0) is 44.5 Å². The van der Waals surface area contributed by atoms with Crippen molar-refractivity contribution in [2.45, 2.75) is 26.8 Å². The van der Waals surface area contributed by atoms with E-state index in [1.165, 1.54) is 5.56 Å². The third-order valence-corrected chi connectivity index (χ3v) is 2.89. The molecule has 2 aromatic rings. The molecule has 0 fully saturated rings. The summed E-state index contributed by atoms with van der Waals surface area (Å²) in [6.45, 7) is 5.80. The molecule has 2 N–H and O–H groups in total. The first kappa shape index (κ1) is 13.5. The molecule has 102 valence electrons. The van der Waals surface area contributed by atoms with Gasteiger partial charge in [0.2, 0.25) is 0 Å². The van der Waals surface area contributed by atoms with E-state index in [0.29, 0.717) is 19.7 Å². The average molecular weight is 260 g/mol. The van der Waals surface area contributed by atoms with Crippen LogP contribution in [0.25, 0.3) is 0 Å². The SMILES string of the molecule is Cc1nc(C)n(CCOc2ccc(CCN)cc2)n1. The number of aryl methyl sites for hydroxylation is 2. The number of nitrogens with two attached hydrogens (primary N) is 1. The lowest BCUT2D eigenvalue weighted by Gasteiger charge is -2.07. The minimum absolute atomic E-state index is 0.583. The lowest BCUT2D eigenvalue weighted by atomic mass is 10.1. The van der Waals surface area contributed by atoms with E-state index in [0.717, 1.165) is 23.8 Å². The van der Waals surface area contributed by atoms with E-state index >= 15 is 0 Å². The summed E-state index contributed by atoms with van der Waals surface area (Å²) in [7, 11) is 0. The van der Waals surface area contributed by atoms with Crippen LogP contribution in [0.15, 0.2) is 24.3 Å². The second kappa shape index (κ2) is 6.33. The zero-order valence-electron chi connectivity index (χ0n) is 11.5. The molecule has 1 aromatic carbocycles. The van der Waals surface area contributed by atoms with E-state index in [9.17, 15) is 0 Å². The molecule has 0 spiro atoms. The maximum absolute atomic E-state index is 5.69. The van der Waals surface area contributed by atoms with Crippen molar-refractivity contribution in [2.75, 3.05) is 13.2 Å². The summed E-state index contributed by atoms with van der Waals surface area (Å²) in [6, 6.07) is 8.05. The van der Waals surface area contributed by atoms with Crippen molar-refractivity contribution in [3.05, 3.63) is 41.5 Å². The molecule has 2 rings (SSSR count). The Labute approximate surface area is 113 Å². The van der Waals surface area contributed by atoms with Crippen molar-refractivity contribution in [1.82, 2.24) is 14.8 Å². The van der Waals surface area contributed by atoms with E-state index in [1.54, 1.807) is 0 Å². The summed E-state index contributed by atoms with van der Waals surface area (Å²) in [6.07, 6.45) is 0.901. The van der Waals surface area contributed by atoms with Gasteiger partial charge in [0.25, 0.3) is 0 Å². The number of nitrogens with zero attached hydrogens (tertiary/aromatic N) is 3. The highest BCUT2D eigenvalue weighted by molar-refractivity contribution is 5.27. The second-order valence-electron chi connectivity index (χ2n) is 4.46. The van der Waals surface area contributed by atoms with Gasteiger partial charge in [-0.15, -0.1) is 0 Å². The lowest BCUT2D eigenvalue weighted by molar-refractivity contribution is 0.289. The van der Waals surface area contributed by atoms with Gasteiger partial charge in [-0.1, -0.05) is 12.1 Å². The molecule has 0 unspecified atom stereocenters. The Hall–Kier alpha value is -1.88. The highest BCUT2D eigenvalue weighted by Gasteiger charge is 2.02. The van der Waals surface area contributed by atoms with Gasteiger partial charge in [0, 0.05) is 0 Å². The predicted octanol–water partition coefficient (Wildman–Crippen LogP) is 1.48. The molecule has 1 heterocycles. The van der Waals surface area contributed by atoms with Gasteiger partial charge in [-0.2, -0.15) is 5.10 Å². The van der Waals surface area contributed by atoms with Crippen molar-refractivity contribution < 1.29 is 4.74 Å². The van der Waals surface area contributed by atoms with Crippen molar-refractivity contribution in [3.8, 4) is 5.75 Å². The Morgan fingerprint density at radius 1 is 1.21 bits per heavy atom. The Morgan fingerprint density at radius 2 is 1.95 bits per heavy atom. The highest BCUT2D eigenvalue weighted by atomic mass is 16.5. The highest BCUT2D eigenvalue weighted by Crippen LogP contribution is 2.12. The van der Waals surface area contributed by atoms with Crippen LogP contribution in [0.3, 0.4) is 0 Å². The van der Waals surface area contributed by atoms with E-state index in [4.69, 9.17) is 10.5 Å². The van der Waals surface area contributed by atoms with Gasteiger partial charge >= 0.3 is 0 Å². The molecule has 0 saturated heterocycles. The molecule has 0 aliphatic carbocycles. The maximum Gasteiger partial charge on any atom is 0.147 e. The summed E-state index contributed by atoms with van der Waals surface area (Å²) in [5.74, 6) is 2.58. The van der Waals surface area contributed by atoms with Crippen LogP contribution in [0, 0.1) is 13.8 Å². The van der Waals surface area contributed by atoms with Gasteiger partial charge in [-0.25, -0.2) is 9.67 Å². The molecule has 19 heavy (non-hydrogen) atoms. The van der Waals surface area contributed by atoms with Crippen LogP contribution in [-0.2, 0) is 13.0 Å². The number of aromatic nitrogens is 3. The second-order valence-corrected chi connectivity index (χ2v) is 4.46. The Morgan fingerprint density at radius 3 is 2.53 bits per heavy atom. The van der Waals surface area contributed by atoms with E-state index < -0.39 is 0 Å². The van der Waals surface area contributed by atoms with Crippen LogP contribution in [0.1, 0.15) is 17.2 Å². The summed E-state index contributed by atoms with van der Waals surface area (Å²) in [4.78, 5) is 4.25. The van der Waals surface area contributed by atoms with Crippen LogP contribution in [-0.4, -0.2) is 27.9 Å². The first-order chi connectivity index (χ1) is 9.19. The topological polar surface area (TPSA) is 66.0 Å². The van der Waals surface area contributed by atoms with Crippen molar-refractivity contribution in [3.63, 3.8) is 0 Å². The molecular formula is C14H20N4O. The van der Waals surface area contributed by atoms with Gasteiger partial charge in [0.15, 0.2) is 0 Å². The Bertz CT molecular complexity index is 519. The summed E-state index contributed by atoms with van der Waals surface area (Å²) in [5.41, 5.74) is 6.75. The lowest BCUT2D eigenvalue weighted by Crippen LogP contribution is -2.11. The zero-order chi connectivity index (χ0) is 13.7. The zero-order valence-corrected chi connectivity index (χ0v) is 11.5. The van der Waals surface area contributed by atoms with Gasteiger partial charge in [-0.3, -0.25) is 0 Å². The molecule has 0 aliphatic heterocycles. The summed E-state index contributed by atoms with van der Waals surface area (Å²) in [5, 5.41) is 4.29. The number of ether oxygens (including phenoxy) is 1. The summed E-state index contributed by atoms with van der Waals surface area (Å²) < 4.78 is 7.55. The normalized spacial score (nSPS) is 10.7. The third-order valence-electron chi connectivity index (χ3n) is 2.89. The van der Waals surface area contributed by atoms with E-state index in [2.05, 4.69) is 10.1 Å². The van der Waals surface area contributed by atoms with Crippen LogP contribution in [0.4, 0.5) is 0 Å². The molecular weight excluding hydrogens is 240 g/mol. The largest absolute Gasteiger partial charge is 0.492 e. The number of benzene rings is 1. The predicted molar refractivity (Wildman–Crippen MR) is 74.2 cm³/mol. The van der Waals surface area contributed by atoms with Crippen LogP contribution in [0.2, 0.25) is 0 Å². The fraction of sp³-hybridized carbons (Fsp3) is 0.429. The molecule has 0 aliphatic rings. The quantitative estimate of drug-likeness (QED) is 0.854. The Balaban J connectivity index is 1.83. The van der Waals surface area contributed by atoms with Gasteiger partial charge in [0.05, 0.1) is 6.54 Å². The van der Waals surface area contributed by atoms with Crippen molar-refractivity contribution in [1.29, 1.82) is 0 Å². The minimum atomic E-state index is 0.583. The third kappa shape index (κ3) is 3.79. The molecule has 0 saturated carbocycles. The van der Waals surface area contributed by atoms with Crippen molar-refractivity contribution >= 4 is 0 Å². The van der Waals surface area contributed by atoms with Crippen LogP contribution < -0.4 is 10.5 Å². The monoisotopic (exact) mass is 260 g/mol. The number of hydrogen-bond donors (Lipinski definition) is 1. The molecule has 1 aromatic heterocycles. The molecule has 0 atom stereocenters.